The van der Waals surface area contributed by atoms with E-state index in [1.165, 1.54) is 6.92 Å². The molecule has 0 aromatic heterocycles. The van der Waals surface area contributed by atoms with E-state index < -0.39 is 11.9 Å². The van der Waals surface area contributed by atoms with Crippen LogP contribution >= 0.6 is 0 Å². The summed E-state index contributed by atoms with van der Waals surface area (Å²) in [4.78, 5) is 22.8. The maximum absolute atomic E-state index is 11.5. The molecule has 2 rings (SSSR count). The van der Waals surface area contributed by atoms with Gasteiger partial charge in [0.15, 0.2) is 0 Å². The number of benzene rings is 2. The highest BCUT2D eigenvalue weighted by atomic mass is 16.4. The van der Waals surface area contributed by atoms with Crippen molar-refractivity contribution < 1.29 is 14.7 Å². The quantitative estimate of drug-likeness (QED) is 0.902. The maximum atomic E-state index is 11.5. The van der Waals surface area contributed by atoms with E-state index in [4.69, 9.17) is 0 Å². The van der Waals surface area contributed by atoms with Crippen molar-refractivity contribution in [1.29, 1.82) is 0 Å². The van der Waals surface area contributed by atoms with Gasteiger partial charge in [-0.3, -0.25) is 9.59 Å². The van der Waals surface area contributed by atoms with Crippen molar-refractivity contribution in [2.24, 2.45) is 0 Å². The van der Waals surface area contributed by atoms with Gasteiger partial charge in [0.25, 0.3) is 0 Å². The van der Waals surface area contributed by atoms with Gasteiger partial charge in [-0.05, 0) is 18.1 Å². The molecule has 21 heavy (non-hydrogen) atoms. The summed E-state index contributed by atoms with van der Waals surface area (Å²) >= 11 is 0. The second kappa shape index (κ2) is 6.22. The minimum atomic E-state index is -0.924. The van der Waals surface area contributed by atoms with Crippen molar-refractivity contribution in [3.05, 3.63) is 54.1 Å². The van der Waals surface area contributed by atoms with Crippen molar-refractivity contribution in [3.8, 4) is 11.1 Å². The number of anilines is 1. The van der Waals surface area contributed by atoms with Gasteiger partial charge >= 0.3 is 5.97 Å². The Balaban J connectivity index is 2.62. The molecule has 1 unspecified atom stereocenters. The Kier molecular flexibility index (Phi) is 4.38. The van der Waals surface area contributed by atoms with Crippen molar-refractivity contribution in [2.75, 3.05) is 5.32 Å². The number of rotatable bonds is 4. The van der Waals surface area contributed by atoms with E-state index in [0.29, 0.717) is 11.3 Å². The number of nitrogens with one attached hydrogen (secondary N) is 1. The lowest BCUT2D eigenvalue weighted by Crippen LogP contribution is -2.14. The molecule has 0 spiro atoms. The van der Waals surface area contributed by atoms with Gasteiger partial charge in [-0.1, -0.05) is 48.5 Å². The van der Waals surface area contributed by atoms with E-state index in [2.05, 4.69) is 5.32 Å². The maximum Gasteiger partial charge on any atom is 0.310 e. The average molecular weight is 283 g/mol. The van der Waals surface area contributed by atoms with Crippen LogP contribution in [0.25, 0.3) is 11.1 Å². The highest BCUT2D eigenvalue weighted by Crippen LogP contribution is 2.35. The molecule has 0 aliphatic carbocycles. The van der Waals surface area contributed by atoms with E-state index in [-0.39, 0.29) is 5.91 Å². The van der Waals surface area contributed by atoms with Crippen LogP contribution in [0.15, 0.2) is 48.5 Å². The Morgan fingerprint density at radius 2 is 1.71 bits per heavy atom. The minimum absolute atomic E-state index is 0.225. The molecule has 2 aromatic rings. The van der Waals surface area contributed by atoms with Crippen LogP contribution < -0.4 is 5.32 Å². The molecular formula is C17H17NO3. The Labute approximate surface area is 123 Å². The van der Waals surface area contributed by atoms with Gasteiger partial charge in [0.2, 0.25) is 5.91 Å². The first-order chi connectivity index (χ1) is 10.0. The molecule has 0 aliphatic rings. The Morgan fingerprint density at radius 1 is 1.05 bits per heavy atom. The van der Waals surface area contributed by atoms with Gasteiger partial charge in [0, 0.05) is 12.5 Å². The second-order valence-corrected chi connectivity index (χ2v) is 4.88. The topological polar surface area (TPSA) is 66.4 Å². The lowest BCUT2D eigenvalue weighted by molar-refractivity contribution is -0.138. The molecule has 2 aromatic carbocycles. The van der Waals surface area contributed by atoms with Crippen LogP contribution in [0.3, 0.4) is 0 Å². The summed E-state index contributed by atoms with van der Waals surface area (Å²) < 4.78 is 0. The first-order valence-electron chi connectivity index (χ1n) is 6.69. The molecule has 1 amide bonds. The predicted molar refractivity (Wildman–Crippen MR) is 82.2 cm³/mol. The van der Waals surface area contributed by atoms with Crippen LogP contribution in [0.4, 0.5) is 5.69 Å². The van der Waals surface area contributed by atoms with E-state index in [0.717, 1.165) is 11.1 Å². The molecule has 0 saturated carbocycles. The van der Waals surface area contributed by atoms with Crippen LogP contribution in [0, 0.1) is 0 Å². The monoisotopic (exact) mass is 283 g/mol. The molecule has 108 valence electrons. The van der Waals surface area contributed by atoms with Crippen molar-refractivity contribution in [2.45, 2.75) is 19.8 Å². The van der Waals surface area contributed by atoms with E-state index in [9.17, 15) is 14.7 Å². The number of carbonyl (C=O) groups is 2. The van der Waals surface area contributed by atoms with Gasteiger partial charge < -0.3 is 10.4 Å². The fourth-order valence-electron chi connectivity index (χ4n) is 2.24. The fraction of sp³-hybridized carbons (Fsp3) is 0.176. The number of para-hydroxylation sites is 1. The summed E-state index contributed by atoms with van der Waals surface area (Å²) in [5.74, 6) is -1.85. The Hall–Kier alpha value is -2.62. The molecule has 1 atom stereocenters. The molecule has 0 aliphatic heterocycles. The van der Waals surface area contributed by atoms with Crippen LogP contribution in [0.5, 0.6) is 0 Å². The number of carbonyl (C=O) groups excluding carboxylic acids is 1. The van der Waals surface area contributed by atoms with Crippen molar-refractivity contribution in [1.82, 2.24) is 0 Å². The van der Waals surface area contributed by atoms with E-state index >= 15 is 0 Å². The van der Waals surface area contributed by atoms with Crippen molar-refractivity contribution >= 4 is 17.6 Å². The SMILES string of the molecule is CC(=O)Nc1c(-c2ccccc2)cccc1C(C)C(=O)O. The molecule has 0 fully saturated rings. The normalized spacial score (nSPS) is 11.7. The molecule has 2 N–H and O–H groups in total. The molecule has 4 heteroatoms. The third-order valence-electron chi connectivity index (χ3n) is 3.32. The number of carboxylic acids is 1. The summed E-state index contributed by atoms with van der Waals surface area (Å²) in [6.45, 7) is 3.02. The zero-order valence-electron chi connectivity index (χ0n) is 12.0. The van der Waals surface area contributed by atoms with Gasteiger partial charge in [-0.25, -0.2) is 0 Å². The molecule has 0 heterocycles. The van der Waals surface area contributed by atoms with Gasteiger partial charge in [0.1, 0.15) is 0 Å². The first-order valence-corrected chi connectivity index (χ1v) is 6.69. The lowest BCUT2D eigenvalue weighted by Gasteiger charge is -2.17. The Bertz CT molecular complexity index is 665. The van der Waals surface area contributed by atoms with Gasteiger partial charge in [-0.2, -0.15) is 0 Å². The average Bonchev–Trinajstić information content (AvgIpc) is 2.47. The lowest BCUT2D eigenvalue weighted by atomic mass is 9.93. The molecule has 0 radical (unpaired) electrons. The van der Waals surface area contributed by atoms with Gasteiger partial charge in [-0.15, -0.1) is 0 Å². The molecule has 0 bridgehead atoms. The zero-order chi connectivity index (χ0) is 15.4. The summed E-state index contributed by atoms with van der Waals surface area (Å²) in [7, 11) is 0. The predicted octanol–water partition coefficient (Wildman–Crippen LogP) is 3.50. The molecule has 4 nitrogen and oxygen atoms in total. The fourth-order valence-corrected chi connectivity index (χ4v) is 2.24. The Morgan fingerprint density at radius 3 is 2.29 bits per heavy atom. The minimum Gasteiger partial charge on any atom is -0.481 e. The summed E-state index contributed by atoms with van der Waals surface area (Å²) in [6, 6.07) is 15.0. The van der Waals surface area contributed by atoms with E-state index in [1.54, 1.807) is 13.0 Å². The van der Waals surface area contributed by atoms with Gasteiger partial charge in [0.05, 0.1) is 11.6 Å². The van der Waals surface area contributed by atoms with Crippen molar-refractivity contribution in [3.63, 3.8) is 0 Å². The second-order valence-electron chi connectivity index (χ2n) is 4.88. The van der Waals surface area contributed by atoms with E-state index in [1.807, 2.05) is 42.5 Å². The third-order valence-corrected chi connectivity index (χ3v) is 3.32. The number of amides is 1. The number of aliphatic carboxylic acids is 1. The largest absolute Gasteiger partial charge is 0.481 e. The molecular weight excluding hydrogens is 266 g/mol. The highest BCUT2D eigenvalue weighted by Gasteiger charge is 2.20. The van der Waals surface area contributed by atoms with Crippen LogP contribution in [-0.4, -0.2) is 17.0 Å². The number of hydrogen-bond acceptors (Lipinski definition) is 2. The van der Waals surface area contributed by atoms with Crippen LogP contribution in [-0.2, 0) is 9.59 Å². The third kappa shape index (κ3) is 3.28. The van der Waals surface area contributed by atoms with Crippen LogP contribution in [0.2, 0.25) is 0 Å². The standard InChI is InChI=1S/C17H17NO3/c1-11(17(20)21)14-9-6-10-15(16(14)18-12(2)19)13-7-4-3-5-8-13/h3-11H,1-2H3,(H,18,19)(H,20,21). The smallest absolute Gasteiger partial charge is 0.310 e. The highest BCUT2D eigenvalue weighted by molar-refractivity contribution is 5.97. The van der Waals surface area contributed by atoms with Crippen LogP contribution in [0.1, 0.15) is 25.3 Å². The summed E-state index contributed by atoms with van der Waals surface area (Å²) in [5.41, 5.74) is 2.90. The zero-order valence-corrected chi connectivity index (χ0v) is 12.0. The first kappa shape index (κ1) is 14.8. The number of carboxylic acid groups (broad SMARTS) is 1. The molecule has 0 saturated heterocycles. The summed E-state index contributed by atoms with van der Waals surface area (Å²) in [6.07, 6.45) is 0. The summed E-state index contributed by atoms with van der Waals surface area (Å²) in [5, 5.41) is 12.0. The number of hydrogen-bond donors (Lipinski definition) is 2.